The van der Waals surface area contributed by atoms with E-state index in [1.165, 1.54) is 17.2 Å². The minimum atomic E-state index is -0.471. The van der Waals surface area contributed by atoms with E-state index in [-0.39, 0.29) is 6.04 Å². The molecule has 1 amide bonds. The number of hydroxylamine groups is 2. The van der Waals surface area contributed by atoms with Crippen molar-refractivity contribution in [2.45, 2.75) is 32.7 Å². The molecule has 0 saturated carbocycles. The number of benzene rings is 1. The van der Waals surface area contributed by atoms with Gasteiger partial charge in [-0.3, -0.25) is 15.0 Å². The molecule has 0 atom stereocenters. The molecule has 0 bridgehead atoms. The molecule has 5 nitrogen and oxygen atoms in total. The fourth-order valence-corrected chi connectivity index (χ4v) is 3.19. The predicted molar refractivity (Wildman–Crippen MR) is 89.2 cm³/mol. The number of allylic oxidation sites excluding steroid dienone is 1. The van der Waals surface area contributed by atoms with Gasteiger partial charge in [0.1, 0.15) is 0 Å². The second-order valence-corrected chi connectivity index (χ2v) is 5.73. The summed E-state index contributed by atoms with van der Waals surface area (Å²) in [4.78, 5) is 16.2. The number of amidine groups is 1. The van der Waals surface area contributed by atoms with Gasteiger partial charge in [0.05, 0.1) is 5.70 Å². The van der Waals surface area contributed by atoms with Crippen LogP contribution >= 0.6 is 0 Å². The quantitative estimate of drug-likeness (QED) is 0.841. The molecular weight excluding hydrogens is 290 g/mol. The molecule has 1 aliphatic heterocycles. The Morgan fingerprint density at radius 2 is 2.00 bits per heavy atom. The number of amides is 1. The molecule has 1 aromatic carbocycles. The van der Waals surface area contributed by atoms with Crippen molar-refractivity contribution in [2.75, 3.05) is 6.54 Å². The average molecular weight is 311 g/mol. The van der Waals surface area contributed by atoms with Gasteiger partial charge >= 0.3 is 0 Å². The standard InChI is InChI=1S/C18H21N3O2/c1-3-15-16(11-17(22)21(23)18(15)19-4-2)20-14-9-12-7-5-6-8-13(12)10-14/h3,5-8,11,14,20,23H,4,9-10H2,1-2H3/b15-3-,19-18?. The Kier molecular flexibility index (Phi) is 4.30. The summed E-state index contributed by atoms with van der Waals surface area (Å²) >= 11 is 0. The van der Waals surface area contributed by atoms with E-state index < -0.39 is 5.91 Å². The zero-order chi connectivity index (χ0) is 16.4. The average Bonchev–Trinajstić information content (AvgIpc) is 2.95. The van der Waals surface area contributed by atoms with Gasteiger partial charge < -0.3 is 5.32 Å². The van der Waals surface area contributed by atoms with Crippen LogP contribution in [0.2, 0.25) is 0 Å². The van der Waals surface area contributed by atoms with Gasteiger partial charge in [-0.05, 0) is 37.8 Å². The SMILES string of the molecule is C/C=C1/C(NC2Cc3ccccc3C2)=CC(=O)N(O)C1=NCC. The minimum Gasteiger partial charge on any atom is -0.381 e. The first kappa shape index (κ1) is 15.5. The van der Waals surface area contributed by atoms with E-state index in [9.17, 15) is 10.0 Å². The Bertz CT molecular complexity index is 694. The molecule has 0 fully saturated rings. The Morgan fingerprint density at radius 1 is 1.35 bits per heavy atom. The van der Waals surface area contributed by atoms with E-state index in [2.05, 4.69) is 34.6 Å². The van der Waals surface area contributed by atoms with E-state index in [4.69, 9.17) is 0 Å². The number of carbonyl (C=O) groups excluding carboxylic acids is 1. The summed E-state index contributed by atoms with van der Waals surface area (Å²) in [5.41, 5.74) is 4.18. The molecule has 0 aromatic heterocycles. The van der Waals surface area contributed by atoms with Crippen molar-refractivity contribution in [1.82, 2.24) is 10.4 Å². The van der Waals surface area contributed by atoms with E-state index in [1.54, 1.807) is 0 Å². The molecule has 5 heteroatoms. The first-order valence-electron chi connectivity index (χ1n) is 7.93. The maximum Gasteiger partial charge on any atom is 0.278 e. The van der Waals surface area contributed by atoms with E-state index in [0.29, 0.717) is 17.4 Å². The fraction of sp³-hybridized carbons (Fsp3) is 0.333. The Labute approximate surface area is 136 Å². The number of carbonyl (C=O) groups is 1. The molecule has 3 rings (SSSR count). The van der Waals surface area contributed by atoms with Crippen LogP contribution in [0.5, 0.6) is 0 Å². The topological polar surface area (TPSA) is 64.9 Å². The maximum absolute atomic E-state index is 12.0. The minimum absolute atomic E-state index is 0.245. The molecule has 23 heavy (non-hydrogen) atoms. The van der Waals surface area contributed by atoms with Crippen LogP contribution in [0.3, 0.4) is 0 Å². The highest BCUT2D eigenvalue weighted by Gasteiger charge is 2.30. The van der Waals surface area contributed by atoms with Gasteiger partial charge in [0.25, 0.3) is 5.91 Å². The highest BCUT2D eigenvalue weighted by molar-refractivity contribution is 6.15. The van der Waals surface area contributed by atoms with Crippen molar-refractivity contribution >= 4 is 11.7 Å². The smallest absolute Gasteiger partial charge is 0.278 e. The van der Waals surface area contributed by atoms with Gasteiger partial charge in [-0.1, -0.05) is 30.3 Å². The monoisotopic (exact) mass is 311 g/mol. The third-order valence-electron chi connectivity index (χ3n) is 4.22. The van der Waals surface area contributed by atoms with Crippen molar-refractivity contribution < 1.29 is 10.0 Å². The van der Waals surface area contributed by atoms with Gasteiger partial charge in [0.15, 0.2) is 5.84 Å². The Morgan fingerprint density at radius 3 is 2.57 bits per heavy atom. The lowest BCUT2D eigenvalue weighted by Gasteiger charge is -2.27. The van der Waals surface area contributed by atoms with Crippen molar-refractivity contribution in [3.63, 3.8) is 0 Å². The lowest BCUT2D eigenvalue weighted by atomic mass is 10.0. The van der Waals surface area contributed by atoms with Crippen molar-refractivity contribution in [1.29, 1.82) is 0 Å². The molecule has 0 spiro atoms. The molecule has 0 saturated heterocycles. The summed E-state index contributed by atoms with van der Waals surface area (Å²) < 4.78 is 0. The number of hydrogen-bond donors (Lipinski definition) is 2. The zero-order valence-electron chi connectivity index (χ0n) is 13.4. The van der Waals surface area contributed by atoms with E-state index >= 15 is 0 Å². The second kappa shape index (κ2) is 6.38. The van der Waals surface area contributed by atoms with Gasteiger partial charge in [0.2, 0.25) is 0 Å². The first-order valence-corrected chi connectivity index (χ1v) is 7.93. The molecule has 0 unspecified atom stereocenters. The van der Waals surface area contributed by atoms with Crippen LogP contribution < -0.4 is 5.32 Å². The van der Waals surface area contributed by atoms with Crippen LogP contribution in [0.4, 0.5) is 0 Å². The summed E-state index contributed by atoms with van der Waals surface area (Å²) in [7, 11) is 0. The lowest BCUT2D eigenvalue weighted by molar-refractivity contribution is -0.143. The number of rotatable bonds is 3. The molecule has 2 aliphatic rings. The van der Waals surface area contributed by atoms with Crippen LogP contribution in [-0.4, -0.2) is 34.6 Å². The number of nitrogens with one attached hydrogen (secondary N) is 1. The summed E-state index contributed by atoms with van der Waals surface area (Å²) in [6.07, 6.45) is 5.17. The summed E-state index contributed by atoms with van der Waals surface area (Å²) in [5.74, 6) is -0.165. The summed E-state index contributed by atoms with van der Waals surface area (Å²) in [6.45, 7) is 4.25. The number of fused-ring (bicyclic) bond motifs is 1. The van der Waals surface area contributed by atoms with Gasteiger partial charge in [0, 0.05) is 24.2 Å². The van der Waals surface area contributed by atoms with Crippen LogP contribution in [0.25, 0.3) is 0 Å². The number of nitrogens with zero attached hydrogens (tertiary/aromatic N) is 2. The maximum atomic E-state index is 12.0. The first-order chi connectivity index (χ1) is 11.1. The summed E-state index contributed by atoms with van der Waals surface area (Å²) in [6, 6.07) is 8.64. The van der Waals surface area contributed by atoms with Crippen LogP contribution in [0, 0.1) is 0 Å². The molecular formula is C18H21N3O2. The molecule has 1 heterocycles. The molecule has 1 aliphatic carbocycles. The molecule has 120 valence electrons. The van der Waals surface area contributed by atoms with E-state index in [0.717, 1.165) is 24.1 Å². The predicted octanol–water partition coefficient (Wildman–Crippen LogP) is 2.22. The third-order valence-corrected chi connectivity index (χ3v) is 4.22. The van der Waals surface area contributed by atoms with Crippen LogP contribution in [-0.2, 0) is 17.6 Å². The number of aliphatic imine (C=N–C) groups is 1. The largest absolute Gasteiger partial charge is 0.381 e. The van der Waals surface area contributed by atoms with Crippen LogP contribution in [0.1, 0.15) is 25.0 Å². The van der Waals surface area contributed by atoms with Gasteiger partial charge in [-0.2, -0.15) is 5.06 Å². The van der Waals surface area contributed by atoms with Gasteiger partial charge in [-0.15, -0.1) is 0 Å². The number of hydrogen-bond acceptors (Lipinski definition) is 4. The highest BCUT2D eigenvalue weighted by Crippen LogP contribution is 2.25. The fourth-order valence-electron chi connectivity index (χ4n) is 3.19. The third kappa shape index (κ3) is 2.92. The second-order valence-electron chi connectivity index (χ2n) is 5.73. The van der Waals surface area contributed by atoms with Crippen molar-refractivity contribution in [3.8, 4) is 0 Å². The van der Waals surface area contributed by atoms with E-state index in [1.807, 2.05) is 19.9 Å². The highest BCUT2D eigenvalue weighted by atomic mass is 16.5. The van der Waals surface area contributed by atoms with Crippen molar-refractivity contribution in [2.24, 2.45) is 4.99 Å². The Balaban J connectivity index is 1.84. The zero-order valence-corrected chi connectivity index (χ0v) is 13.4. The van der Waals surface area contributed by atoms with Crippen molar-refractivity contribution in [3.05, 3.63) is 58.8 Å². The Hall–Kier alpha value is -2.40. The normalized spacial score (nSPS) is 21.8. The van der Waals surface area contributed by atoms with Crippen LogP contribution in [0.15, 0.2) is 52.7 Å². The molecule has 1 aromatic rings. The lowest BCUT2D eigenvalue weighted by Crippen LogP contribution is -2.42. The summed E-state index contributed by atoms with van der Waals surface area (Å²) in [5, 5.41) is 14.0. The van der Waals surface area contributed by atoms with Gasteiger partial charge in [-0.25, -0.2) is 0 Å². The molecule has 0 radical (unpaired) electrons. The molecule has 2 N–H and O–H groups in total.